The first kappa shape index (κ1) is 26.3. The number of alkyl halides is 3. The smallest absolute Gasteiger partial charge is 0.481 e. The number of carbonyl (C=O) groups is 5. The van der Waals surface area contributed by atoms with Crippen LogP contribution in [0.15, 0.2) is 0 Å². The Morgan fingerprint density at radius 2 is 1.11 bits per heavy atom. The van der Waals surface area contributed by atoms with Crippen LogP contribution in [0.2, 0.25) is 0 Å². The molecule has 11 nitrogen and oxygen atoms in total. The second kappa shape index (κ2) is 13.3. The van der Waals surface area contributed by atoms with Gasteiger partial charge in [0, 0.05) is 25.9 Å². The van der Waals surface area contributed by atoms with Gasteiger partial charge in [-0.2, -0.15) is 13.2 Å². The quantitative estimate of drug-likeness (QED) is 0.194. The predicted molar refractivity (Wildman–Crippen MR) is 81.4 cm³/mol. The molecular weight excluding hydrogens is 383 g/mol. The van der Waals surface area contributed by atoms with Gasteiger partial charge in [-0.3, -0.25) is 19.2 Å². The fraction of sp³-hybridized carbons (Fsp3) is 0.615. The van der Waals surface area contributed by atoms with Crippen LogP contribution in [0.5, 0.6) is 0 Å². The molecule has 0 aliphatic heterocycles. The van der Waals surface area contributed by atoms with Crippen LogP contribution >= 0.6 is 0 Å². The molecule has 0 radical (unpaired) electrons. The van der Waals surface area contributed by atoms with Gasteiger partial charge in [0.05, 0.1) is 0 Å². The number of hydrogen-bond donors (Lipinski definition) is 6. The number of nitrogens with two attached hydrogens (primary N) is 1. The summed E-state index contributed by atoms with van der Waals surface area (Å²) in [4.78, 5) is 52.2. The van der Waals surface area contributed by atoms with Crippen LogP contribution in [-0.2, 0) is 24.0 Å². The lowest BCUT2D eigenvalue weighted by atomic mass is 10.2. The minimum absolute atomic E-state index is 0.0864. The average molecular weight is 403 g/mol. The molecule has 0 bridgehead atoms. The zero-order valence-electron chi connectivity index (χ0n) is 13.9. The van der Waals surface area contributed by atoms with Crippen molar-refractivity contribution in [3.63, 3.8) is 0 Å². The minimum Gasteiger partial charge on any atom is -0.481 e. The van der Waals surface area contributed by atoms with Crippen LogP contribution in [0.4, 0.5) is 13.2 Å². The normalized spacial score (nSPS) is 10.4. The molecule has 0 aliphatic rings. The van der Waals surface area contributed by atoms with E-state index in [9.17, 15) is 32.3 Å². The fourth-order valence-electron chi connectivity index (χ4n) is 1.24. The standard InChI is InChI=1S/C11H19N3O6.C2HF3O2/c12-9(10(19)13-5-1-3-7(15)16)11(20)14-6-2-4-8(17)18;3-2(4,5)1(6)7/h9H,1-6,12H2,(H,13,19)(H,14,20)(H,15,16)(H,17,18);(H,6,7). The lowest BCUT2D eigenvalue weighted by molar-refractivity contribution is -0.192. The molecule has 0 unspecified atom stereocenters. The zero-order chi connectivity index (χ0) is 21.6. The highest BCUT2D eigenvalue weighted by atomic mass is 19.4. The molecule has 0 heterocycles. The van der Waals surface area contributed by atoms with Gasteiger partial charge in [-0.15, -0.1) is 0 Å². The van der Waals surface area contributed by atoms with Gasteiger partial charge in [-0.25, -0.2) is 4.79 Å². The molecule has 0 saturated heterocycles. The summed E-state index contributed by atoms with van der Waals surface area (Å²) in [7, 11) is 0. The van der Waals surface area contributed by atoms with Crippen molar-refractivity contribution < 1.29 is 52.5 Å². The molecule has 0 fully saturated rings. The summed E-state index contributed by atoms with van der Waals surface area (Å²) in [6.45, 7) is 0.232. The first-order valence-electron chi connectivity index (χ1n) is 7.33. The molecule has 0 saturated carbocycles. The molecule has 0 rings (SSSR count). The van der Waals surface area contributed by atoms with E-state index in [1.807, 2.05) is 0 Å². The molecule has 0 aromatic rings. The molecular formula is C13H20F3N3O8. The summed E-state index contributed by atoms with van der Waals surface area (Å²) >= 11 is 0. The van der Waals surface area contributed by atoms with Gasteiger partial charge in [0.25, 0.3) is 0 Å². The Balaban J connectivity index is 0. The molecule has 7 N–H and O–H groups in total. The molecule has 156 valence electrons. The maximum atomic E-state index is 11.4. The van der Waals surface area contributed by atoms with Gasteiger partial charge in [0.15, 0.2) is 6.04 Å². The topological polar surface area (TPSA) is 196 Å². The third-order valence-electron chi connectivity index (χ3n) is 2.54. The number of carbonyl (C=O) groups excluding carboxylic acids is 2. The Bertz CT molecular complexity index is 505. The second-order valence-electron chi connectivity index (χ2n) is 4.86. The lowest BCUT2D eigenvalue weighted by Gasteiger charge is -2.12. The number of carboxylic acid groups (broad SMARTS) is 3. The molecule has 2 amide bonds. The first-order valence-corrected chi connectivity index (χ1v) is 7.33. The van der Waals surface area contributed by atoms with Gasteiger partial charge < -0.3 is 31.7 Å². The molecule has 14 heteroatoms. The van der Waals surface area contributed by atoms with Crippen molar-refractivity contribution in [1.29, 1.82) is 0 Å². The summed E-state index contributed by atoms with van der Waals surface area (Å²) in [5.74, 6) is -6.11. The van der Waals surface area contributed by atoms with Crippen molar-refractivity contribution in [2.45, 2.75) is 37.9 Å². The van der Waals surface area contributed by atoms with Gasteiger partial charge in [-0.05, 0) is 12.8 Å². The fourth-order valence-corrected chi connectivity index (χ4v) is 1.24. The summed E-state index contributed by atoms with van der Waals surface area (Å²) in [5, 5.41) is 28.6. The van der Waals surface area contributed by atoms with Gasteiger partial charge in [-0.1, -0.05) is 0 Å². The van der Waals surface area contributed by atoms with Crippen molar-refractivity contribution in [3.05, 3.63) is 0 Å². The summed E-state index contributed by atoms with van der Waals surface area (Å²) < 4.78 is 31.7. The third kappa shape index (κ3) is 16.3. The summed E-state index contributed by atoms with van der Waals surface area (Å²) in [6, 6.07) is -1.40. The largest absolute Gasteiger partial charge is 0.490 e. The number of amides is 2. The van der Waals surface area contributed by atoms with Crippen LogP contribution in [0.1, 0.15) is 25.7 Å². The van der Waals surface area contributed by atoms with Crippen molar-refractivity contribution in [1.82, 2.24) is 10.6 Å². The van der Waals surface area contributed by atoms with E-state index >= 15 is 0 Å². The number of halogens is 3. The van der Waals surface area contributed by atoms with E-state index in [4.69, 9.17) is 25.8 Å². The summed E-state index contributed by atoms with van der Waals surface area (Å²) in [5.41, 5.74) is 5.39. The number of aliphatic carboxylic acids is 3. The van der Waals surface area contributed by atoms with Crippen LogP contribution < -0.4 is 16.4 Å². The Morgan fingerprint density at radius 3 is 1.33 bits per heavy atom. The van der Waals surface area contributed by atoms with Gasteiger partial charge in [0.1, 0.15) is 0 Å². The molecule has 0 aromatic carbocycles. The van der Waals surface area contributed by atoms with Crippen molar-refractivity contribution in [3.8, 4) is 0 Å². The molecule has 0 aromatic heterocycles. The van der Waals surface area contributed by atoms with E-state index in [2.05, 4.69) is 10.6 Å². The van der Waals surface area contributed by atoms with Crippen molar-refractivity contribution in [2.24, 2.45) is 5.73 Å². The van der Waals surface area contributed by atoms with E-state index in [0.717, 1.165) is 0 Å². The van der Waals surface area contributed by atoms with E-state index in [1.165, 1.54) is 0 Å². The maximum absolute atomic E-state index is 11.4. The SMILES string of the molecule is NC(C(=O)NCCCC(=O)O)C(=O)NCCCC(=O)O.O=C(O)C(F)(F)F. The van der Waals surface area contributed by atoms with Crippen molar-refractivity contribution in [2.75, 3.05) is 13.1 Å². The number of rotatable bonds is 10. The zero-order valence-corrected chi connectivity index (χ0v) is 13.9. The Kier molecular flexibility index (Phi) is 13.0. The lowest BCUT2D eigenvalue weighted by Crippen LogP contribution is -2.51. The van der Waals surface area contributed by atoms with E-state index in [0.29, 0.717) is 0 Å². The molecule has 0 aliphatic carbocycles. The minimum atomic E-state index is -5.08. The Morgan fingerprint density at radius 1 is 0.815 bits per heavy atom. The second-order valence-corrected chi connectivity index (χ2v) is 4.86. The average Bonchev–Trinajstić information content (AvgIpc) is 2.53. The highest BCUT2D eigenvalue weighted by molar-refractivity contribution is 6.04. The van der Waals surface area contributed by atoms with E-state index < -0.39 is 41.9 Å². The molecule has 0 spiro atoms. The molecule has 0 atom stereocenters. The number of hydrogen-bond acceptors (Lipinski definition) is 6. The maximum Gasteiger partial charge on any atom is 0.490 e. The Hall–Kier alpha value is -2.90. The highest BCUT2D eigenvalue weighted by Crippen LogP contribution is 2.13. The van der Waals surface area contributed by atoms with Crippen LogP contribution in [-0.4, -0.2) is 70.3 Å². The monoisotopic (exact) mass is 403 g/mol. The predicted octanol–water partition coefficient (Wildman–Crippen LogP) is -1.09. The third-order valence-corrected chi connectivity index (χ3v) is 2.54. The van der Waals surface area contributed by atoms with Gasteiger partial charge >= 0.3 is 24.1 Å². The number of carboxylic acids is 3. The van der Waals surface area contributed by atoms with Crippen LogP contribution in [0.3, 0.4) is 0 Å². The number of nitrogens with one attached hydrogen (secondary N) is 2. The van der Waals surface area contributed by atoms with Gasteiger partial charge in [0.2, 0.25) is 11.8 Å². The van der Waals surface area contributed by atoms with Crippen molar-refractivity contribution >= 4 is 29.7 Å². The Labute approximate surface area is 150 Å². The van der Waals surface area contributed by atoms with E-state index in [-0.39, 0.29) is 38.8 Å². The van der Waals surface area contributed by atoms with E-state index in [1.54, 1.807) is 0 Å². The first-order chi connectivity index (χ1) is 12.3. The summed E-state index contributed by atoms with van der Waals surface area (Å²) in [6.07, 6.45) is -4.77. The van der Waals surface area contributed by atoms with Crippen LogP contribution in [0, 0.1) is 0 Å². The van der Waals surface area contributed by atoms with Crippen LogP contribution in [0.25, 0.3) is 0 Å². The molecule has 27 heavy (non-hydrogen) atoms. The highest BCUT2D eigenvalue weighted by Gasteiger charge is 2.38.